The van der Waals surface area contributed by atoms with Crippen LogP contribution in [-0.4, -0.2) is 40.4 Å². The standard InChI is InChI=1S/C20H24N4O4/c1-3-23(4-2)20(28)21-12-13-5-6-14-9-10-24(19(27)15(14)11-13)16-7-8-17(25)22-18(16)26/h5-6,9-11,16H,3-4,7-8,12H2,1-2H3,(H,21,28)(H,22,25,26). The van der Waals surface area contributed by atoms with Crippen molar-refractivity contribution < 1.29 is 14.4 Å². The van der Waals surface area contributed by atoms with Gasteiger partial charge in [0.05, 0.1) is 0 Å². The third kappa shape index (κ3) is 3.90. The van der Waals surface area contributed by atoms with Crippen LogP contribution in [-0.2, 0) is 16.1 Å². The molecule has 0 radical (unpaired) electrons. The number of carbonyl (C=O) groups excluding carboxylic acids is 3. The molecule has 1 unspecified atom stereocenters. The van der Waals surface area contributed by atoms with Gasteiger partial charge in [-0.25, -0.2) is 4.79 Å². The lowest BCUT2D eigenvalue weighted by atomic mass is 10.0. The van der Waals surface area contributed by atoms with Crippen LogP contribution in [0.5, 0.6) is 0 Å². The van der Waals surface area contributed by atoms with Gasteiger partial charge in [-0.05, 0) is 43.4 Å². The van der Waals surface area contributed by atoms with Crippen LogP contribution in [0.15, 0.2) is 35.3 Å². The molecule has 1 aliphatic rings. The molecule has 1 aromatic heterocycles. The Kier molecular flexibility index (Phi) is 5.77. The molecule has 4 amide bonds. The normalized spacial score (nSPS) is 16.7. The first-order valence-corrected chi connectivity index (χ1v) is 9.44. The zero-order valence-electron chi connectivity index (χ0n) is 16.0. The van der Waals surface area contributed by atoms with E-state index in [2.05, 4.69) is 10.6 Å². The molecule has 148 valence electrons. The number of carbonyl (C=O) groups is 3. The molecule has 1 aromatic carbocycles. The second-order valence-electron chi connectivity index (χ2n) is 6.75. The summed E-state index contributed by atoms with van der Waals surface area (Å²) in [6.45, 7) is 5.37. The Hall–Kier alpha value is -3.16. The van der Waals surface area contributed by atoms with Crippen LogP contribution in [0.2, 0.25) is 0 Å². The van der Waals surface area contributed by atoms with E-state index in [0.717, 1.165) is 10.9 Å². The first-order chi connectivity index (χ1) is 13.4. The first kappa shape index (κ1) is 19.6. The molecule has 0 bridgehead atoms. The second kappa shape index (κ2) is 8.24. The van der Waals surface area contributed by atoms with E-state index in [0.29, 0.717) is 31.4 Å². The van der Waals surface area contributed by atoms with E-state index >= 15 is 0 Å². The summed E-state index contributed by atoms with van der Waals surface area (Å²) in [5.41, 5.74) is 0.509. The Morgan fingerprint density at radius 1 is 1.21 bits per heavy atom. The van der Waals surface area contributed by atoms with E-state index in [4.69, 9.17) is 0 Å². The molecule has 0 saturated carbocycles. The van der Waals surface area contributed by atoms with E-state index in [1.807, 2.05) is 26.0 Å². The number of nitrogens with one attached hydrogen (secondary N) is 2. The predicted octanol–water partition coefficient (Wildman–Crippen LogP) is 1.53. The number of fused-ring (bicyclic) bond motifs is 1. The molecular weight excluding hydrogens is 360 g/mol. The molecule has 1 atom stereocenters. The average Bonchev–Trinajstić information content (AvgIpc) is 2.68. The minimum atomic E-state index is -0.694. The maximum atomic E-state index is 12.9. The number of hydrogen-bond donors (Lipinski definition) is 2. The summed E-state index contributed by atoms with van der Waals surface area (Å²) < 4.78 is 1.38. The maximum absolute atomic E-state index is 12.9. The highest BCUT2D eigenvalue weighted by atomic mass is 16.2. The minimum Gasteiger partial charge on any atom is -0.334 e. The molecule has 2 heterocycles. The van der Waals surface area contributed by atoms with E-state index in [-0.39, 0.29) is 23.9 Å². The Labute approximate surface area is 162 Å². The van der Waals surface area contributed by atoms with Gasteiger partial charge in [-0.3, -0.25) is 19.7 Å². The SMILES string of the molecule is CCN(CC)C(=O)NCc1ccc2ccn(C3CCC(=O)NC3=O)c(=O)c2c1. The van der Waals surface area contributed by atoms with Gasteiger partial charge < -0.3 is 14.8 Å². The fourth-order valence-corrected chi connectivity index (χ4v) is 3.40. The lowest BCUT2D eigenvalue weighted by Gasteiger charge is -2.23. The Morgan fingerprint density at radius 2 is 1.96 bits per heavy atom. The molecule has 3 rings (SSSR count). The largest absolute Gasteiger partial charge is 0.334 e. The van der Waals surface area contributed by atoms with Gasteiger partial charge in [0.1, 0.15) is 6.04 Å². The van der Waals surface area contributed by atoms with Gasteiger partial charge in [0.2, 0.25) is 11.8 Å². The van der Waals surface area contributed by atoms with Crippen molar-refractivity contribution in [2.24, 2.45) is 0 Å². The van der Waals surface area contributed by atoms with E-state index in [1.165, 1.54) is 4.57 Å². The highest BCUT2D eigenvalue weighted by Crippen LogP contribution is 2.19. The van der Waals surface area contributed by atoms with Gasteiger partial charge in [0.25, 0.3) is 5.56 Å². The quantitative estimate of drug-likeness (QED) is 0.764. The van der Waals surface area contributed by atoms with Gasteiger partial charge in [0, 0.05) is 37.6 Å². The number of aromatic nitrogens is 1. The topological polar surface area (TPSA) is 101 Å². The molecule has 2 aromatic rings. The molecular formula is C20H24N4O4. The third-order valence-electron chi connectivity index (χ3n) is 5.04. The summed E-state index contributed by atoms with van der Waals surface area (Å²) in [5, 5.41) is 6.36. The Balaban J connectivity index is 1.86. The molecule has 8 nitrogen and oxygen atoms in total. The second-order valence-corrected chi connectivity index (χ2v) is 6.75. The summed E-state index contributed by atoms with van der Waals surface area (Å²) in [7, 11) is 0. The van der Waals surface area contributed by atoms with E-state index in [1.54, 1.807) is 23.2 Å². The lowest BCUT2D eigenvalue weighted by molar-refractivity contribution is -0.135. The fourth-order valence-electron chi connectivity index (χ4n) is 3.40. The number of nitrogens with zero attached hydrogens (tertiary/aromatic N) is 2. The van der Waals surface area contributed by atoms with Gasteiger partial charge in [0.15, 0.2) is 0 Å². The molecule has 0 aliphatic carbocycles. The van der Waals surface area contributed by atoms with Gasteiger partial charge in [-0.2, -0.15) is 0 Å². The summed E-state index contributed by atoms with van der Waals surface area (Å²) in [4.78, 5) is 50.2. The first-order valence-electron chi connectivity index (χ1n) is 9.44. The number of hydrogen-bond acceptors (Lipinski definition) is 4. The number of amides is 4. The number of rotatable bonds is 5. The van der Waals surface area contributed by atoms with Crippen LogP contribution in [0.4, 0.5) is 4.79 Å². The monoisotopic (exact) mass is 384 g/mol. The lowest BCUT2D eigenvalue weighted by Crippen LogP contribution is -2.44. The van der Waals surface area contributed by atoms with Crippen LogP contribution in [0.1, 0.15) is 38.3 Å². The smallest absolute Gasteiger partial charge is 0.317 e. The summed E-state index contributed by atoms with van der Waals surface area (Å²) in [6.07, 6.45) is 2.10. The number of urea groups is 1. The van der Waals surface area contributed by atoms with Crippen molar-refractivity contribution in [3.63, 3.8) is 0 Å². The van der Waals surface area contributed by atoms with Crippen LogP contribution >= 0.6 is 0 Å². The van der Waals surface area contributed by atoms with Crippen molar-refractivity contribution in [1.29, 1.82) is 0 Å². The zero-order valence-corrected chi connectivity index (χ0v) is 16.0. The fraction of sp³-hybridized carbons (Fsp3) is 0.400. The highest BCUT2D eigenvalue weighted by molar-refractivity contribution is 5.99. The summed E-state index contributed by atoms with van der Waals surface area (Å²) >= 11 is 0. The van der Waals surface area contributed by atoms with Crippen molar-refractivity contribution in [3.05, 3.63) is 46.4 Å². The molecule has 0 spiro atoms. The third-order valence-corrected chi connectivity index (χ3v) is 5.04. The van der Waals surface area contributed by atoms with Crippen LogP contribution in [0.25, 0.3) is 10.8 Å². The van der Waals surface area contributed by atoms with Gasteiger partial charge in [-0.1, -0.05) is 12.1 Å². The van der Waals surface area contributed by atoms with Crippen molar-refractivity contribution >= 4 is 28.6 Å². The average molecular weight is 384 g/mol. The van der Waals surface area contributed by atoms with Gasteiger partial charge >= 0.3 is 6.03 Å². The van der Waals surface area contributed by atoms with Crippen LogP contribution < -0.4 is 16.2 Å². The number of pyridine rings is 1. The predicted molar refractivity (Wildman–Crippen MR) is 105 cm³/mol. The molecule has 1 saturated heterocycles. The highest BCUT2D eigenvalue weighted by Gasteiger charge is 2.28. The molecule has 1 fully saturated rings. The Bertz CT molecular complexity index is 978. The van der Waals surface area contributed by atoms with Crippen molar-refractivity contribution in [2.75, 3.05) is 13.1 Å². The van der Waals surface area contributed by atoms with Crippen LogP contribution in [0.3, 0.4) is 0 Å². The van der Waals surface area contributed by atoms with E-state index < -0.39 is 11.9 Å². The summed E-state index contributed by atoms with van der Waals surface area (Å²) in [5.74, 6) is -0.776. The molecule has 28 heavy (non-hydrogen) atoms. The van der Waals surface area contributed by atoms with E-state index in [9.17, 15) is 19.2 Å². The zero-order chi connectivity index (χ0) is 20.3. The van der Waals surface area contributed by atoms with Crippen molar-refractivity contribution in [3.8, 4) is 0 Å². The molecule has 8 heteroatoms. The van der Waals surface area contributed by atoms with Crippen LogP contribution in [0, 0.1) is 0 Å². The maximum Gasteiger partial charge on any atom is 0.317 e. The Morgan fingerprint density at radius 3 is 2.64 bits per heavy atom. The van der Waals surface area contributed by atoms with Gasteiger partial charge in [-0.15, -0.1) is 0 Å². The molecule has 2 N–H and O–H groups in total. The summed E-state index contributed by atoms with van der Waals surface area (Å²) in [6, 6.07) is 6.35. The molecule has 1 aliphatic heterocycles. The number of imide groups is 1. The minimum absolute atomic E-state index is 0.154. The van der Waals surface area contributed by atoms with Crippen molar-refractivity contribution in [1.82, 2.24) is 20.1 Å². The van der Waals surface area contributed by atoms with Crippen molar-refractivity contribution in [2.45, 2.75) is 39.3 Å². The number of piperidine rings is 1. The number of benzene rings is 1.